The summed E-state index contributed by atoms with van der Waals surface area (Å²) in [5, 5.41) is 2.83. The number of likely N-dealkylation sites (tertiary alicyclic amines) is 1. The summed E-state index contributed by atoms with van der Waals surface area (Å²) in [5.41, 5.74) is 0.537. The molecular weight excluding hydrogens is 491 g/mol. The third kappa shape index (κ3) is 6.64. The molecular formula is C26H26F3N3O3S. The average Bonchev–Trinajstić information content (AvgIpc) is 2.85. The van der Waals surface area contributed by atoms with Crippen LogP contribution in [0.2, 0.25) is 0 Å². The fourth-order valence-corrected chi connectivity index (χ4v) is 5.18. The Balaban J connectivity index is 1.32. The standard InChI is InChI=1S/C26H26F3N3O3S/c27-26(28,29)21-7-4-8-23(17-21)31-36(34,35)24-11-9-22(10-12-24)30-25(33)20-13-15-32(16-14-20)18-19-5-2-1-3-6-19/h1-12,17,20,31H,13-16,18H2,(H,30,33). The second-order valence-electron chi connectivity index (χ2n) is 8.73. The molecule has 10 heteroatoms. The van der Waals surface area contributed by atoms with Gasteiger partial charge in [-0.2, -0.15) is 13.2 Å². The van der Waals surface area contributed by atoms with Crippen molar-refractivity contribution in [2.75, 3.05) is 23.1 Å². The minimum atomic E-state index is -4.58. The van der Waals surface area contributed by atoms with Crippen LogP contribution < -0.4 is 10.0 Å². The van der Waals surface area contributed by atoms with Crippen LogP contribution in [0.3, 0.4) is 0 Å². The van der Waals surface area contributed by atoms with Gasteiger partial charge in [0.15, 0.2) is 0 Å². The number of carbonyl (C=O) groups excluding carboxylic acids is 1. The Bertz CT molecular complexity index is 1290. The molecule has 0 radical (unpaired) electrons. The fourth-order valence-electron chi connectivity index (χ4n) is 4.13. The van der Waals surface area contributed by atoms with E-state index in [-0.39, 0.29) is 22.4 Å². The second-order valence-corrected chi connectivity index (χ2v) is 10.4. The summed E-state index contributed by atoms with van der Waals surface area (Å²) in [6, 6.07) is 19.7. The highest BCUT2D eigenvalue weighted by molar-refractivity contribution is 7.92. The molecule has 1 aliphatic rings. The maximum absolute atomic E-state index is 12.9. The number of alkyl halides is 3. The number of nitrogens with one attached hydrogen (secondary N) is 2. The average molecular weight is 518 g/mol. The van der Waals surface area contributed by atoms with Gasteiger partial charge in [-0.05, 0) is 74.0 Å². The Morgan fingerprint density at radius 2 is 1.56 bits per heavy atom. The monoisotopic (exact) mass is 517 g/mol. The molecule has 36 heavy (non-hydrogen) atoms. The Labute approximate surface area is 208 Å². The highest BCUT2D eigenvalue weighted by Crippen LogP contribution is 2.31. The van der Waals surface area contributed by atoms with Gasteiger partial charge in [-0.3, -0.25) is 14.4 Å². The van der Waals surface area contributed by atoms with Crippen LogP contribution >= 0.6 is 0 Å². The molecule has 1 fully saturated rings. The summed E-state index contributed by atoms with van der Waals surface area (Å²) in [4.78, 5) is 14.9. The summed E-state index contributed by atoms with van der Waals surface area (Å²) in [6.07, 6.45) is -3.13. The number of benzene rings is 3. The van der Waals surface area contributed by atoms with Crippen molar-refractivity contribution in [2.45, 2.75) is 30.5 Å². The molecule has 1 amide bonds. The van der Waals surface area contributed by atoms with Gasteiger partial charge in [0.05, 0.1) is 10.5 Å². The van der Waals surface area contributed by atoms with Crippen molar-refractivity contribution in [2.24, 2.45) is 5.92 Å². The summed E-state index contributed by atoms with van der Waals surface area (Å²) in [5.74, 6) is -0.255. The van der Waals surface area contributed by atoms with Gasteiger partial charge in [0.2, 0.25) is 5.91 Å². The largest absolute Gasteiger partial charge is 0.416 e. The van der Waals surface area contributed by atoms with E-state index in [4.69, 9.17) is 0 Å². The molecule has 0 aromatic heterocycles. The van der Waals surface area contributed by atoms with E-state index < -0.39 is 21.8 Å². The molecule has 0 spiro atoms. The molecule has 3 aromatic rings. The van der Waals surface area contributed by atoms with Gasteiger partial charge >= 0.3 is 6.18 Å². The Kier molecular flexibility index (Phi) is 7.65. The van der Waals surface area contributed by atoms with Gasteiger partial charge in [0, 0.05) is 23.8 Å². The molecule has 2 N–H and O–H groups in total. The van der Waals surface area contributed by atoms with Gasteiger partial charge < -0.3 is 5.32 Å². The number of carbonyl (C=O) groups is 1. The summed E-state index contributed by atoms with van der Waals surface area (Å²) >= 11 is 0. The molecule has 1 aliphatic heterocycles. The van der Waals surface area contributed by atoms with Crippen LogP contribution in [0.5, 0.6) is 0 Å². The lowest BCUT2D eigenvalue weighted by molar-refractivity contribution is -0.137. The molecule has 0 saturated carbocycles. The van der Waals surface area contributed by atoms with Crippen molar-refractivity contribution < 1.29 is 26.4 Å². The van der Waals surface area contributed by atoms with Gasteiger partial charge in [0.1, 0.15) is 0 Å². The van der Waals surface area contributed by atoms with E-state index in [1.165, 1.54) is 35.9 Å². The second kappa shape index (κ2) is 10.7. The summed E-state index contributed by atoms with van der Waals surface area (Å²) in [7, 11) is -4.11. The maximum atomic E-state index is 12.9. The van der Waals surface area contributed by atoms with E-state index in [0.29, 0.717) is 5.69 Å². The smallest absolute Gasteiger partial charge is 0.326 e. The number of rotatable bonds is 7. The molecule has 6 nitrogen and oxygen atoms in total. The van der Waals surface area contributed by atoms with Crippen LogP contribution in [0.15, 0.2) is 83.8 Å². The zero-order valence-corrected chi connectivity index (χ0v) is 20.1. The maximum Gasteiger partial charge on any atom is 0.416 e. The predicted molar refractivity (Wildman–Crippen MR) is 132 cm³/mol. The number of hydrogen-bond acceptors (Lipinski definition) is 4. The molecule has 1 saturated heterocycles. The van der Waals surface area contributed by atoms with Crippen LogP contribution in [-0.4, -0.2) is 32.3 Å². The van der Waals surface area contributed by atoms with Crippen LogP contribution in [0.25, 0.3) is 0 Å². The first-order chi connectivity index (χ1) is 17.1. The molecule has 4 rings (SSSR count). The minimum Gasteiger partial charge on any atom is -0.326 e. The topological polar surface area (TPSA) is 78.5 Å². The van der Waals surface area contributed by atoms with E-state index in [9.17, 15) is 26.4 Å². The number of piperidine rings is 1. The van der Waals surface area contributed by atoms with Crippen molar-refractivity contribution in [3.8, 4) is 0 Å². The Morgan fingerprint density at radius 3 is 2.19 bits per heavy atom. The first-order valence-electron chi connectivity index (χ1n) is 11.5. The molecule has 3 aromatic carbocycles. The van der Waals surface area contributed by atoms with Crippen LogP contribution in [0.4, 0.5) is 24.5 Å². The van der Waals surface area contributed by atoms with Gasteiger partial charge in [-0.15, -0.1) is 0 Å². The van der Waals surface area contributed by atoms with E-state index in [0.717, 1.165) is 50.7 Å². The van der Waals surface area contributed by atoms with Gasteiger partial charge in [0.25, 0.3) is 10.0 Å². The third-order valence-electron chi connectivity index (χ3n) is 6.08. The fraction of sp³-hybridized carbons (Fsp3) is 0.269. The van der Waals surface area contributed by atoms with E-state index in [1.54, 1.807) is 0 Å². The van der Waals surface area contributed by atoms with E-state index in [2.05, 4.69) is 27.1 Å². The number of hydrogen-bond donors (Lipinski definition) is 2. The lowest BCUT2D eigenvalue weighted by atomic mass is 9.95. The number of sulfonamides is 1. The van der Waals surface area contributed by atoms with Crippen molar-refractivity contribution in [1.29, 1.82) is 0 Å². The lowest BCUT2D eigenvalue weighted by Gasteiger charge is -2.31. The molecule has 190 valence electrons. The van der Waals surface area contributed by atoms with E-state index in [1.807, 2.05) is 18.2 Å². The van der Waals surface area contributed by atoms with Crippen LogP contribution in [-0.2, 0) is 27.5 Å². The number of amides is 1. The SMILES string of the molecule is O=C(Nc1ccc(S(=O)(=O)Nc2cccc(C(F)(F)F)c2)cc1)C1CCN(Cc2ccccc2)CC1. The lowest BCUT2D eigenvalue weighted by Crippen LogP contribution is -2.37. The summed E-state index contributed by atoms with van der Waals surface area (Å²) < 4.78 is 66.1. The van der Waals surface area contributed by atoms with E-state index >= 15 is 0 Å². The van der Waals surface area contributed by atoms with Crippen LogP contribution in [0, 0.1) is 5.92 Å². The zero-order valence-electron chi connectivity index (χ0n) is 19.3. The van der Waals surface area contributed by atoms with Gasteiger partial charge in [-0.1, -0.05) is 36.4 Å². The Morgan fingerprint density at radius 1 is 0.889 bits per heavy atom. The number of anilines is 2. The van der Waals surface area contributed by atoms with Crippen molar-refractivity contribution in [1.82, 2.24) is 4.90 Å². The van der Waals surface area contributed by atoms with Crippen molar-refractivity contribution in [3.05, 3.63) is 90.0 Å². The number of nitrogens with zero attached hydrogens (tertiary/aromatic N) is 1. The van der Waals surface area contributed by atoms with Crippen molar-refractivity contribution >= 4 is 27.3 Å². The molecule has 0 bridgehead atoms. The van der Waals surface area contributed by atoms with Gasteiger partial charge in [-0.25, -0.2) is 8.42 Å². The zero-order chi connectivity index (χ0) is 25.8. The van der Waals surface area contributed by atoms with Crippen LogP contribution in [0.1, 0.15) is 24.0 Å². The highest BCUT2D eigenvalue weighted by Gasteiger charge is 2.31. The third-order valence-corrected chi connectivity index (χ3v) is 7.48. The molecule has 0 unspecified atom stereocenters. The predicted octanol–water partition coefficient (Wildman–Crippen LogP) is 5.36. The molecule has 0 aliphatic carbocycles. The highest BCUT2D eigenvalue weighted by atomic mass is 32.2. The quantitative estimate of drug-likeness (QED) is 0.443. The van der Waals surface area contributed by atoms with Crippen molar-refractivity contribution in [3.63, 3.8) is 0 Å². The first kappa shape index (κ1) is 25.7. The normalized spacial score (nSPS) is 15.4. The minimum absolute atomic E-state index is 0.118. The summed E-state index contributed by atoms with van der Waals surface area (Å²) in [6.45, 7) is 2.47. The first-order valence-corrected chi connectivity index (χ1v) is 13.0. The number of halogens is 3. The molecule has 1 heterocycles. The molecule has 0 atom stereocenters. The Hall–Kier alpha value is -3.37.